The lowest BCUT2D eigenvalue weighted by atomic mass is 10.3. The topological polar surface area (TPSA) is 49.4 Å². The summed E-state index contributed by atoms with van der Waals surface area (Å²) in [6.45, 7) is 1.38. The summed E-state index contributed by atoms with van der Waals surface area (Å²) < 4.78 is 28.1. The Kier molecular flexibility index (Phi) is 4.40. The number of thioether (sulfide) groups is 2. The molecule has 0 radical (unpaired) electrons. The standard InChI is InChI=1S/C17H18N2O2S3/c20-24(21,13-6-7-16-14(12-13)18-8-11-23-16)19-9-3-10-22-17-5-2-1-4-15(17)19/h1-2,4-7,12,18H,3,8-11H2. The number of rotatable bonds is 2. The van der Waals surface area contributed by atoms with E-state index in [9.17, 15) is 8.42 Å². The highest BCUT2D eigenvalue weighted by molar-refractivity contribution is 8.00. The van der Waals surface area contributed by atoms with E-state index in [1.807, 2.05) is 30.3 Å². The van der Waals surface area contributed by atoms with Gasteiger partial charge in [0.25, 0.3) is 10.0 Å². The summed E-state index contributed by atoms with van der Waals surface area (Å²) >= 11 is 3.49. The first-order valence-corrected chi connectivity index (χ1v) is 11.3. The van der Waals surface area contributed by atoms with E-state index in [2.05, 4.69) is 5.32 Å². The van der Waals surface area contributed by atoms with Gasteiger partial charge in [0, 0.05) is 34.3 Å². The molecule has 0 fully saturated rings. The zero-order valence-corrected chi connectivity index (χ0v) is 15.5. The molecule has 0 atom stereocenters. The molecule has 2 aromatic carbocycles. The third kappa shape index (κ3) is 2.89. The van der Waals surface area contributed by atoms with E-state index < -0.39 is 10.0 Å². The predicted octanol–water partition coefficient (Wildman–Crippen LogP) is 3.90. The number of anilines is 2. The first-order valence-electron chi connectivity index (χ1n) is 7.91. The molecule has 2 aliphatic rings. The third-order valence-electron chi connectivity index (χ3n) is 4.11. The number of hydrogen-bond acceptors (Lipinski definition) is 5. The maximum absolute atomic E-state index is 13.3. The number of fused-ring (bicyclic) bond motifs is 2. The van der Waals surface area contributed by atoms with Crippen molar-refractivity contribution in [3.05, 3.63) is 42.5 Å². The number of sulfonamides is 1. The van der Waals surface area contributed by atoms with E-state index in [1.54, 1.807) is 40.0 Å². The van der Waals surface area contributed by atoms with Crippen molar-refractivity contribution >= 4 is 44.9 Å². The number of hydrogen-bond donors (Lipinski definition) is 1. The lowest BCUT2D eigenvalue weighted by Crippen LogP contribution is -2.32. The van der Waals surface area contributed by atoms with E-state index >= 15 is 0 Å². The van der Waals surface area contributed by atoms with Crippen molar-refractivity contribution < 1.29 is 8.42 Å². The Morgan fingerprint density at radius 3 is 2.75 bits per heavy atom. The van der Waals surface area contributed by atoms with E-state index in [1.165, 1.54) is 0 Å². The Balaban J connectivity index is 1.78. The van der Waals surface area contributed by atoms with Crippen LogP contribution in [0.25, 0.3) is 0 Å². The summed E-state index contributed by atoms with van der Waals surface area (Å²) in [5.41, 5.74) is 1.71. The Hall–Kier alpha value is -1.31. The van der Waals surface area contributed by atoms with Crippen LogP contribution < -0.4 is 9.62 Å². The molecule has 4 rings (SSSR count). The molecule has 0 aromatic heterocycles. The maximum atomic E-state index is 13.3. The first kappa shape index (κ1) is 16.2. The van der Waals surface area contributed by atoms with Crippen molar-refractivity contribution in [3.63, 3.8) is 0 Å². The summed E-state index contributed by atoms with van der Waals surface area (Å²) in [6, 6.07) is 13.2. The fourth-order valence-electron chi connectivity index (χ4n) is 2.95. The summed E-state index contributed by atoms with van der Waals surface area (Å²) in [5, 5.41) is 3.30. The first-order chi connectivity index (χ1) is 11.7. The van der Waals surface area contributed by atoms with Gasteiger partial charge >= 0.3 is 0 Å². The number of benzene rings is 2. The van der Waals surface area contributed by atoms with Gasteiger partial charge in [0.15, 0.2) is 0 Å². The number of nitrogens with zero attached hydrogens (tertiary/aromatic N) is 1. The van der Waals surface area contributed by atoms with Gasteiger partial charge in [0.1, 0.15) is 0 Å². The molecule has 0 saturated heterocycles. The van der Waals surface area contributed by atoms with Crippen molar-refractivity contribution in [1.82, 2.24) is 0 Å². The summed E-state index contributed by atoms with van der Waals surface area (Å²) in [7, 11) is -3.56. The van der Waals surface area contributed by atoms with Gasteiger partial charge in [-0.05, 0) is 42.5 Å². The van der Waals surface area contributed by atoms with E-state index in [-0.39, 0.29) is 0 Å². The second-order valence-corrected chi connectivity index (χ2v) is 9.82. The lowest BCUT2D eigenvalue weighted by molar-refractivity contribution is 0.590. The van der Waals surface area contributed by atoms with Crippen LogP contribution in [0.15, 0.2) is 57.2 Å². The van der Waals surface area contributed by atoms with Gasteiger partial charge in [0.05, 0.1) is 10.6 Å². The molecule has 24 heavy (non-hydrogen) atoms. The Morgan fingerprint density at radius 1 is 1.00 bits per heavy atom. The minimum absolute atomic E-state index is 0.359. The quantitative estimate of drug-likeness (QED) is 0.859. The predicted molar refractivity (Wildman–Crippen MR) is 102 cm³/mol. The van der Waals surface area contributed by atoms with E-state index in [4.69, 9.17) is 0 Å². The molecule has 7 heteroatoms. The van der Waals surface area contributed by atoms with Crippen LogP contribution in [-0.4, -0.2) is 33.0 Å². The monoisotopic (exact) mass is 378 g/mol. The SMILES string of the molecule is O=S(=O)(c1ccc2c(c1)NCCS2)N1CCCSc2ccccc21. The number of nitrogens with one attached hydrogen (secondary N) is 1. The van der Waals surface area contributed by atoms with Gasteiger partial charge in [-0.1, -0.05) is 12.1 Å². The molecule has 0 bridgehead atoms. The fraction of sp³-hybridized carbons (Fsp3) is 0.294. The van der Waals surface area contributed by atoms with Crippen LogP contribution in [0, 0.1) is 0 Å². The van der Waals surface area contributed by atoms with Crippen molar-refractivity contribution in [2.75, 3.05) is 34.2 Å². The van der Waals surface area contributed by atoms with E-state index in [0.717, 1.165) is 45.6 Å². The molecule has 2 heterocycles. The van der Waals surface area contributed by atoms with Crippen molar-refractivity contribution in [2.45, 2.75) is 21.1 Å². The van der Waals surface area contributed by atoms with Gasteiger partial charge in [-0.2, -0.15) is 0 Å². The minimum atomic E-state index is -3.56. The zero-order valence-electron chi connectivity index (χ0n) is 13.1. The van der Waals surface area contributed by atoms with Crippen LogP contribution >= 0.6 is 23.5 Å². The van der Waals surface area contributed by atoms with Crippen LogP contribution in [0.1, 0.15) is 6.42 Å². The number of para-hydroxylation sites is 1. The Morgan fingerprint density at radius 2 is 1.83 bits per heavy atom. The second kappa shape index (κ2) is 6.54. The van der Waals surface area contributed by atoms with Crippen LogP contribution in [0.2, 0.25) is 0 Å². The summed E-state index contributed by atoms with van der Waals surface area (Å²) in [4.78, 5) is 2.51. The molecular formula is C17H18N2O2S3. The minimum Gasteiger partial charge on any atom is -0.383 e. The molecule has 0 unspecified atom stereocenters. The molecule has 126 valence electrons. The van der Waals surface area contributed by atoms with Crippen LogP contribution in [-0.2, 0) is 10.0 Å². The van der Waals surface area contributed by atoms with Crippen LogP contribution in [0.3, 0.4) is 0 Å². The fourth-order valence-corrected chi connectivity index (χ4v) is 6.43. The molecule has 0 aliphatic carbocycles. The smallest absolute Gasteiger partial charge is 0.264 e. The van der Waals surface area contributed by atoms with Gasteiger partial charge in [-0.15, -0.1) is 23.5 Å². The van der Waals surface area contributed by atoms with Gasteiger partial charge in [-0.25, -0.2) is 8.42 Å². The van der Waals surface area contributed by atoms with Crippen molar-refractivity contribution in [1.29, 1.82) is 0 Å². The second-order valence-electron chi connectivity index (χ2n) is 5.68. The molecule has 4 nitrogen and oxygen atoms in total. The molecule has 0 spiro atoms. The molecular weight excluding hydrogens is 360 g/mol. The Labute approximate surface area is 151 Å². The maximum Gasteiger partial charge on any atom is 0.264 e. The summed E-state index contributed by atoms with van der Waals surface area (Å²) in [6.07, 6.45) is 0.845. The van der Waals surface area contributed by atoms with Crippen molar-refractivity contribution in [3.8, 4) is 0 Å². The largest absolute Gasteiger partial charge is 0.383 e. The highest BCUT2D eigenvalue weighted by atomic mass is 32.2. The van der Waals surface area contributed by atoms with Gasteiger partial charge in [-0.3, -0.25) is 4.31 Å². The molecule has 2 aliphatic heterocycles. The highest BCUT2D eigenvalue weighted by Gasteiger charge is 2.29. The highest BCUT2D eigenvalue weighted by Crippen LogP contribution is 2.38. The molecule has 0 saturated carbocycles. The molecule has 0 amide bonds. The van der Waals surface area contributed by atoms with Crippen LogP contribution in [0.5, 0.6) is 0 Å². The Bertz CT molecular complexity index is 868. The lowest BCUT2D eigenvalue weighted by Gasteiger charge is -2.25. The summed E-state index contributed by atoms with van der Waals surface area (Å²) in [5.74, 6) is 1.95. The van der Waals surface area contributed by atoms with Gasteiger partial charge in [0.2, 0.25) is 0 Å². The average molecular weight is 379 g/mol. The molecule has 2 aromatic rings. The normalized spacial score (nSPS) is 17.4. The van der Waals surface area contributed by atoms with E-state index in [0.29, 0.717) is 11.4 Å². The zero-order chi connectivity index (χ0) is 16.6. The van der Waals surface area contributed by atoms with Gasteiger partial charge < -0.3 is 5.32 Å². The molecule has 1 N–H and O–H groups in total. The van der Waals surface area contributed by atoms with Crippen LogP contribution in [0.4, 0.5) is 11.4 Å². The average Bonchev–Trinajstić information content (AvgIpc) is 2.84. The van der Waals surface area contributed by atoms with Crippen molar-refractivity contribution in [2.24, 2.45) is 0 Å². The third-order valence-corrected chi connectivity index (χ3v) is 8.14.